The third kappa shape index (κ3) is 6.00. The van der Waals surface area contributed by atoms with E-state index in [1.54, 1.807) is 42.2 Å². The zero-order chi connectivity index (χ0) is 27.9. The number of benzene rings is 2. The Labute approximate surface area is 224 Å². The van der Waals surface area contributed by atoms with Gasteiger partial charge in [-0.1, -0.05) is 37.3 Å². The molecule has 0 saturated heterocycles. The highest BCUT2D eigenvalue weighted by Gasteiger charge is 2.49. The van der Waals surface area contributed by atoms with Crippen molar-refractivity contribution in [2.45, 2.75) is 55.8 Å². The number of aromatic nitrogens is 1. The van der Waals surface area contributed by atoms with Gasteiger partial charge in [0, 0.05) is 18.7 Å². The predicted octanol–water partition coefficient (Wildman–Crippen LogP) is 6.32. The first-order valence-corrected chi connectivity index (χ1v) is 14.5. The summed E-state index contributed by atoms with van der Waals surface area (Å²) in [6.07, 6.45) is -1.18. The number of rotatable bonds is 9. The number of halogens is 4. The van der Waals surface area contributed by atoms with Crippen molar-refractivity contribution in [3.8, 4) is 0 Å². The minimum atomic E-state index is -4.58. The summed E-state index contributed by atoms with van der Waals surface area (Å²) in [5.41, 5.74) is 0.960. The Balaban J connectivity index is 1.50. The molecule has 39 heavy (non-hydrogen) atoms. The number of pyridine rings is 1. The summed E-state index contributed by atoms with van der Waals surface area (Å²) in [4.78, 5) is 19.4. The average Bonchev–Trinajstić information content (AvgIpc) is 3.84. The monoisotopic (exact) mass is 560 g/mol. The van der Waals surface area contributed by atoms with Crippen molar-refractivity contribution >= 4 is 15.7 Å². The first kappa shape index (κ1) is 27.3. The minimum absolute atomic E-state index is 0.0303. The van der Waals surface area contributed by atoms with E-state index in [-0.39, 0.29) is 46.7 Å². The molecule has 2 saturated carbocycles. The molecule has 5 rings (SSSR count). The smallest absolute Gasteiger partial charge is 0.331 e. The fourth-order valence-corrected chi connectivity index (χ4v) is 6.07. The molecule has 2 fully saturated rings. The highest BCUT2D eigenvalue weighted by atomic mass is 32.2. The molecule has 2 aliphatic rings. The van der Waals surface area contributed by atoms with Crippen molar-refractivity contribution in [1.29, 1.82) is 0 Å². The van der Waals surface area contributed by atoms with E-state index >= 15 is 0 Å². The third-order valence-electron chi connectivity index (χ3n) is 7.50. The van der Waals surface area contributed by atoms with E-state index in [1.807, 2.05) is 0 Å². The highest BCUT2D eigenvalue weighted by molar-refractivity contribution is 7.91. The number of nitrogens with zero attached hydrogens (tertiary/aromatic N) is 2. The normalized spacial score (nSPS) is 19.9. The van der Waals surface area contributed by atoms with Gasteiger partial charge < -0.3 is 4.90 Å². The molecule has 2 aliphatic carbocycles. The minimum Gasteiger partial charge on any atom is -0.331 e. The molecule has 0 N–H and O–H groups in total. The summed E-state index contributed by atoms with van der Waals surface area (Å²) in [7, 11) is -3.49. The third-order valence-corrected chi connectivity index (χ3v) is 9.23. The Bertz CT molecular complexity index is 1450. The van der Waals surface area contributed by atoms with Gasteiger partial charge in [0.15, 0.2) is 9.84 Å². The van der Waals surface area contributed by atoms with Crippen molar-refractivity contribution in [3.63, 3.8) is 0 Å². The first-order chi connectivity index (χ1) is 18.5. The van der Waals surface area contributed by atoms with Crippen LogP contribution in [0.3, 0.4) is 0 Å². The van der Waals surface area contributed by atoms with Gasteiger partial charge in [-0.15, -0.1) is 0 Å². The zero-order valence-corrected chi connectivity index (χ0v) is 22.1. The average molecular weight is 561 g/mol. The lowest BCUT2D eigenvalue weighted by atomic mass is 9.98. The molecule has 0 radical (unpaired) electrons. The standard InChI is InChI=1S/C29H28F4N2O3S/c1-2-39(37,38)23-5-3-4-21(14-23)27(20-7-8-20)35(17-18-6-13-26(34-16-18)29(31,32)33)28(36)25-15-24(25)19-9-11-22(30)12-10-19/h3-6,9-14,16,20,24-25,27H,2,7-8,15,17H2,1H3/t24-,25+,27?/m1/s1. The fraction of sp³-hybridized carbons (Fsp3) is 0.379. The largest absolute Gasteiger partial charge is 0.433 e. The Morgan fingerprint density at radius 2 is 1.79 bits per heavy atom. The number of carbonyl (C=O) groups excluding carboxylic acids is 1. The molecule has 10 heteroatoms. The molecule has 206 valence electrons. The van der Waals surface area contributed by atoms with Gasteiger partial charge >= 0.3 is 6.18 Å². The quantitative estimate of drug-likeness (QED) is 0.288. The summed E-state index contributed by atoms with van der Waals surface area (Å²) in [6, 6.07) is 14.4. The molecule has 1 aromatic heterocycles. The first-order valence-electron chi connectivity index (χ1n) is 12.9. The molecule has 0 spiro atoms. The van der Waals surface area contributed by atoms with Gasteiger partial charge in [-0.3, -0.25) is 9.78 Å². The number of sulfone groups is 1. The lowest BCUT2D eigenvalue weighted by Crippen LogP contribution is -2.37. The van der Waals surface area contributed by atoms with E-state index in [1.165, 1.54) is 24.3 Å². The van der Waals surface area contributed by atoms with Crippen LogP contribution in [0.4, 0.5) is 17.6 Å². The Hall–Kier alpha value is -3.27. The van der Waals surface area contributed by atoms with Crippen molar-refractivity contribution < 1.29 is 30.8 Å². The van der Waals surface area contributed by atoms with Crippen LogP contribution in [0.1, 0.15) is 60.5 Å². The molecule has 5 nitrogen and oxygen atoms in total. The summed E-state index contributed by atoms with van der Waals surface area (Å²) < 4.78 is 77.9. The second kappa shape index (κ2) is 10.4. The maximum atomic E-state index is 14.0. The topological polar surface area (TPSA) is 67.3 Å². The van der Waals surface area contributed by atoms with E-state index in [0.29, 0.717) is 17.5 Å². The van der Waals surface area contributed by atoms with Gasteiger partial charge in [0.05, 0.1) is 16.7 Å². The van der Waals surface area contributed by atoms with E-state index in [9.17, 15) is 30.8 Å². The van der Waals surface area contributed by atoms with Gasteiger partial charge in [0.1, 0.15) is 11.5 Å². The van der Waals surface area contributed by atoms with Crippen molar-refractivity contribution in [2.24, 2.45) is 11.8 Å². The van der Waals surface area contributed by atoms with Crippen LogP contribution >= 0.6 is 0 Å². The summed E-state index contributed by atoms with van der Waals surface area (Å²) in [6.45, 7) is 1.60. The Morgan fingerprint density at radius 1 is 1.08 bits per heavy atom. The van der Waals surface area contributed by atoms with Crippen molar-refractivity contribution in [1.82, 2.24) is 9.88 Å². The van der Waals surface area contributed by atoms with E-state index in [2.05, 4.69) is 4.98 Å². The van der Waals surface area contributed by atoms with Crippen molar-refractivity contribution in [3.05, 3.63) is 95.1 Å². The molecule has 3 aromatic rings. The fourth-order valence-electron chi connectivity index (χ4n) is 5.13. The van der Waals surface area contributed by atoms with E-state index in [4.69, 9.17) is 0 Å². The van der Waals surface area contributed by atoms with Crippen molar-refractivity contribution in [2.75, 3.05) is 5.75 Å². The molecule has 2 aromatic carbocycles. The Kier molecular flexibility index (Phi) is 7.26. The van der Waals surface area contributed by atoms with Crippen LogP contribution in [0.5, 0.6) is 0 Å². The lowest BCUT2D eigenvalue weighted by Gasteiger charge is -2.33. The van der Waals surface area contributed by atoms with Gasteiger partial charge in [0.25, 0.3) is 0 Å². The zero-order valence-electron chi connectivity index (χ0n) is 21.2. The summed E-state index contributed by atoms with van der Waals surface area (Å²) >= 11 is 0. The van der Waals surface area contributed by atoms with Gasteiger partial charge in [-0.25, -0.2) is 12.8 Å². The van der Waals surface area contributed by atoms with Gasteiger partial charge in [-0.05, 0) is 78.1 Å². The van der Waals surface area contributed by atoms with Crippen LogP contribution in [0.2, 0.25) is 0 Å². The number of amides is 1. The molecule has 1 unspecified atom stereocenters. The molecule has 1 amide bonds. The summed E-state index contributed by atoms with van der Waals surface area (Å²) in [5.74, 6) is -0.941. The second-order valence-corrected chi connectivity index (χ2v) is 12.6. The van der Waals surface area contributed by atoms with Crippen LogP contribution in [0.15, 0.2) is 71.8 Å². The number of alkyl halides is 3. The van der Waals surface area contributed by atoms with E-state index < -0.39 is 27.7 Å². The number of carbonyl (C=O) groups is 1. The number of hydrogen-bond donors (Lipinski definition) is 0. The Morgan fingerprint density at radius 3 is 2.38 bits per heavy atom. The summed E-state index contributed by atoms with van der Waals surface area (Å²) in [5, 5.41) is 0. The predicted molar refractivity (Wildman–Crippen MR) is 137 cm³/mol. The van der Waals surface area contributed by atoms with Gasteiger partial charge in [0.2, 0.25) is 5.91 Å². The maximum Gasteiger partial charge on any atom is 0.433 e. The van der Waals surface area contributed by atoms with Crippen LogP contribution in [0, 0.1) is 17.7 Å². The molecule has 3 atom stereocenters. The van der Waals surface area contributed by atoms with Crippen LogP contribution in [0.25, 0.3) is 0 Å². The van der Waals surface area contributed by atoms with E-state index in [0.717, 1.165) is 30.7 Å². The van der Waals surface area contributed by atoms with Gasteiger partial charge in [-0.2, -0.15) is 13.2 Å². The number of hydrogen-bond acceptors (Lipinski definition) is 4. The second-order valence-electron chi connectivity index (χ2n) is 10.3. The molecular weight excluding hydrogens is 532 g/mol. The highest BCUT2D eigenvalue weighted by Crippen LogP contribution is 2.52. The lowest BCUT2D eigenvalue weighted by molar-refractivity contribution is -0.141. The van der Waals surface area contributed by atoms with Crippen LogP contribution in [-0.4, -0.2) is 30.0 Å². The SMILES string of the molecule is CCS(=O)(=O)c1cccc(C(C2CC2)N(Cc2ccc(C(F)(F)F)nc2)C(=O)[C@H]2C[C@@H]2c2ccc(F)cc2)c1. The molecule has 1 heterocycles. The molecule has 0 aliphatic heterocycles. The maximum absolute atomic E-state index is 14.0. The molecular formula is C29H28F4N2O3S. The van der Waals surface area contributed by atoms with Crippen LogP contribution < -0.4 is 0 Å². The molecule has 0 bridgehead atoms. The van der Waals surface area contributed by atoms with Crippen LogP contribution in [-0.2, 0) is 27.4 Å².